The molecule has 28 heavy (non-hydrogen) atoms. The molecule has 0 aliphatic carbocycles. The van der Waals surface area contributed by atoms with Crippen LogP contribution >= 0.6 is 11.3 Å². The van der Waals surface area contributed by atoms with Gasteiger partial charge in [0.15, 0.2) is 23.2 Å². The number of methoxy groups -OCH3 is 2. The fraction of sp³-hybridized carbons (Fsp3) is 0.444. The number of nitrogens with one attached hydrogen (secondary N) is 1. The van der Waals surface area contributed by atoms with E-state index in [0.717, 1.165) is 27.8 Å². The van der Waals surface area contributed by atoms with E-state index in [0.29, 0.717) is 29.0 Å². The fourth-order valence-corrected chi connectivity index (χ4v) is 3.33. The van der Waals surface area contributed by atoms with Crippen molar-refractivity contribution in [2.45, 2.75) is 26.2 Å². The monoisotopic (exact) mass is 416 g/mol. The van der Waals surface area contributed by atoms with E-state index in [1.807, 2.05) is 31.0 Å². The normalized spacial score (nSPS) is 12.1. The molecule has 2 rings (SSSR count). The summed E-state index contributed by atoms with van der Waals surface area (Å²) < 4.78 is 48.6. The number of nitrogens with zero attached hydrogens (tertiary/aromatic N) is 3. The molecule has 0 radical (unpaired) electrons. The molecule has 154 valence electrons. The molecule has 6 nitrogen and oxygen atoms in total. The second-order valence-corrected chi connectivity index (χ2v) is 6.96. The van der Waals surface area contributed by atoms with E-state index in [2.05, 4.69) is 15.3 Å². The smallest absolute Gasteiger partial charge is 0.434 e. The highest BCUT2D eigenvalue weighted by atomic mass is 32.1. The number of guanidine groups is 1. The molecule has 0 unspecified atom stereocenters. The number of aryl methyl sites for hydroxylation is 1. The van der Waals surface area contributed by atoms with Crippen molar-refractivity contribution in [1.29, 1.82) is 0 Å². The third kappa shape index (κ3) is 5.28. The molecule has 1 aromatic carbocycles. The fourth-order valence-electron chi connectivity index (χ4n) is 2.59. The Balaban J connectivity index is 2.06. The first-order valence-electron chi connectivity index (χ1n) is 8.34. The zero-order valence-electron chi connectivity index (χ0n) is 16.3. The van der Waals surface area contributed by atoms with E-state index in [1.165, 1.54) is 0 Å². The Kier molecular flexibility index (Phi) is 7.11. The molecule has 0 saturated heterocycles. The highest BCUT2D eigenvalue weighted by molar-refractivity contribution is 7.09. The van der Waals surface area contributed by atoms with Gasteiger partial charge in [-0.15, -0.1) is 11.3 Å². The van der Waals surface area contributed by atoms with E-state index >= 15 is 0 Å². The van der Waals surface area contributed by atoms with Crippen molar-refractivity contribution < 1.29 is 22.6 Å². The highest BCUT2D eigenvalue weighted by Gasteiger charge is 2.33. The Labute approximate surface area is 166 Å². The van der Waals surface area contributed by atoms with Gasteiger partial charge in [-0.05, 0) is 30.2 Å². The Bertz CT molecular complexity index is 837. The molecule has 0 fully saturated rings. The summed E-state index contributed by atoms with van der Waals surface area (Å²) in [5, 5.41) is 4.39. The van der Waals surface area contributed by atoms with Crippen LogP contribution < -0.4 is 14.8 Å². The first-order valence-corrected chi connectivity index (χ1v) is 9.22. The largest absolute Gasteiger partial charge is 0.493 e. The number of rotatable bonds is 6. The summed E-state index contributed by atoms with van der Waals surface area (Å²) in [6.07, 6.45) is -4.43. The third-order valence-corrected chi connectivity index (χ3v) is 4.91. The Morgan fingerprint density at radius 1 is 1.25 bits per heavy atom. The summed E-state index contributed by atoms with van der Waals surface area (Å²) in [4.78, 5) is 9.67. The number of aliphatic imine (C=N–C) groups is 1. The molecule has 1 heterocycles. The number of ether oxygens (including phenoxy) is 2. The van der Waals surface area contributed by atoms with Gasteiger partial charge in [-0.25, -0.2) is 4.98 Å². The topological polar surface area (TPSA) is 59.0 Å². The quantitative estimate of drug-likeness (QED) is 0.575. The van der Waals surface area contributed by atoms with Crippen molar-refractivity contribution >= 4 is 17.3 Å². The van der Waals surface area contributed by atoms with Crippen molar-refractivity contribution in [3.05, 3.63) is 39.3 Å². The molecule has 0 atom stereocenters. The number of hydrogen-bond acceptors (Lipinski definition) is 5. The molecule has 10 heteroatoms. The van der Waals surface area contributed by atoms with E-state index < -0.39 is 11.9 Å². The van der Waals surface area contributed by atoms with Crippen molar-refractivity contribution in [3.8, 4) is 11.5 Å². The van der Waals surface area contributed by atoms with Gasteiger partial charge in [-0.1, -0.05) is 0 Å². The maximum atomic E-state index is 12.7. The molecular formula is C18H23F3N4O2S. The van der Waals surface area contributed by atoms with Gasteiger partial charge in [-0.3, -0.25) is 4.99 Å². The lowest BCUT2D eigenvalue weighted by molar-refractivity contribution is -0.140. The van der Waals surface area contributed by atoms with E-state index in [1.54, 1.807) is 21.3 Å². The zero-order valence-corrected chi connectivity index (χ0v) is 17.2. The van der Waals surface area contributed by atoms with Crippen LogP contribution in [0.4, 0.5) is 13.2 Å². The average Bonchev–Trinajstić information content (AvgIpc) is 3.13. The van der Waals surface area contributed by atoms with E-state index in [-0.39, 0.29) is 6.54 Å². The SMILES string of the molecule is CN=C(NCc1nc(C(F)(F)F)cs1)N(C)Cc1cc(OC)c(OC)cc1C. The summed E-state index contributed by atoms with van der Waals surface area (Å²) in [6, 6.07) is 3.79. The van der Waals surface area contributed by atoms with Crippen LogP contribution in [0.5, 0.6) is 11.5 Å². The number of thiazole rings is 1. The maximum Gasteiger partial charge on any atom is 0.434 e. The first-order chi connectivity index (χ1) is 13.2. The zero-order chi connectivity index (χ0) is 20.9. The van der Waals surface area contributed by atoms with Gasteiger partial charge < -0.3 is 19.7 Å². The van der Waals surface area contributed by atoms with E-state index in [4.69, 9.17) is 9.47 Å². The molecule has 0 saturated carbocycles. The van der Waals surface area contributed by atoms with E-state index in [9.17, 15) is 13.2 Å². The van der Waals surface area contributed by atoms with Gasteiger partial charge in [-0.2, -0.15) is 13.2 Å². The Morgan fingerprint density at radius 3 is 2.43 bits per heavy atom. The van der Waals surface area contributed by atoms with Crippen LogP contribution in [0.2, 0.25) is 0 Å². The number of aromatic nitrogens is 1. The Hall–Kier alpha value is -2.49. The molecular weight excluding hydrogens is 393 g/mol. The molecule has 1 N–H and O–H groups in total. The summed E-state index contributed by atoms with van der Waals surface area (Å²) in [6.45, 7) is 2.65. The molecule has 0 aliphatic heterocycles. The van der Waals surface area contributed by atoms with Crippen LogP contribution in [0, 0.1) is 6.92 Å². The minimum Gasteiger partial charge on any atom is -0.493 e. The Morgan fingerprint density at radius 2 is 1.89 bits per heavy atom. The van der Waals surface area contributed by atoms with Gasteiger partial charge in [0.1, 0.15) is 5.01 Å². The van der Waals surface area contributed by atoms with Gasteiger partial charge >= 0.3 is 6.18 Å². The van der Waals surface area contributed by atoms with Crippen LogP contribution in [0.3, 0.4) is 0 Å². The minimum atomic E-state index is -4.43. The second-order valence-electron chi connectivity index (χ2n) is 6.01. The standard InChI is InChI=1S/C18H23F3N4O2S/c1-11-6-13(26-4)14(27-5)7-12(11)9-25(3)17(22-2)23-8-16-24-15(10-28-16)18(19,20)21/h6-7,10H,8-9H2,1-5H3,(H,22,23). The molecule has 0 spiro atoms. The van der Waals surface area contributed by atoms with Crippen LogP contribution in [-0.2, 0) is 19.3 Å². The predicted molar refractivity (Wildman–Crippen MR) is 103 cm³/mol. The van der Waals surface area contributed by atoms with Crippen LogP contribution in [0.15, 0.2) is 22.5 Å². The summed E-state index contributed by atoms with van der Waals surface area (Å²) in [7, 11) is 6.61. The van der Waals surface area contributed by atoms with Crippen molar-refractivity contribution in [2.75, 3.05) is 28.3 Å². The van der Waals surface area contributed by atoms with Gasteiger partial charge in [0.05, 0.1) is 20.8 Å². The van der Waals surface area contributed by atoms with Crippen LogP contribution in [0.25, 0.3) is 0 Å². The van der Waals surface area contributed by atoms with Gasteiger partial charge in [0, 0.05) is 26.0 Å². The van der Waals surface area contributed by atoms with Crippen molar-refractivity contribution in [3.63, 3.8) is 0 Å². The molecule has 0 amide bonds. The maximum absolute atomic E-state index is 12.7. The number of halogens is 3. The first kappa shape index (κ1) is 21.8. The summed E-state index contributed by atoms with van der Waals surface area (Å²) >= 11 is 0.959. The number of alkyl halides is 3. The molecule has 0 aliphatic rings. The highest BCUT2D eigenvalue weighted by Crippen LogP contribution is 2.31. The predicted octanol–water partition coefficient (Wildman–Crippen LogP) is 3.69. The molecule has 2 aromatic rings. The second kappa shape index (κ2) is 9.13. The molecule has 1 aromatic heterocycles. The van der Waals surface area contributed by atoms with Crippen molar-refractivity contribution in [2.24, 2.45) is 4.99 Å². The lowest BCUT2D eigenvalue weighted by atomic mass is 10.1. The lowest BCUT2D eigenvalue weighted by Gasteiger charge is -2.23. The number of hydrogen-bond donors (Lipinski definition) is 1. The van der Waals surface area contributed by atoms with Crippen LogP contribution in [0.1, 0.15) is 21.8 Å². The third-order valence-electron chi connectivity index (χ3n) is 4.06. The van der Waals surface area contributed by atoms with Crippen LogP contribution in [-0.4, -0.2) is 44.2 Å². The minimum absolute atomic E-state index is 0.155. The van der Waals surface area contributed by atoms with Gasteiger partial charge in [0.2, 0.25) is 0 Å². The average molecular weight is 416 g/mol. The summed E-state index contributed by atoms with van der Waals surface area (Å²) in [5.74, 6) is 1.82. The summed E-state index contributed by atoms with van der Waals surface area (Å²) in [5.41, 5.74) is 1.16. The van der Waals surface area contributed by atoms with Gasteiger partial charge in [0.25, 0.3) is 0 Å². The number of benzene rings is 1. The molecule has 0 bridgehead atoms. The lowest BCUT2D eigenvalue weighted by Crippen LogP contribution is -2.38. The van der Waals surface area contributed by atoms with Crippen molar-refractivity contribution in [1.82, 2.24) is 15.2 Å².